The zero-order valence-electron chi connectivity index (χ0n) is 12.0. The number of ether oxygens (including phenoxy) is 2. The van der Waals surface area contributed by atoms with E-state index in [9.17, 15) is 9.59 Å². The highest BCUT2D eigenvalue weighted by Crippen LogP contribution is 2.34. The van der Waals surface area contributed by atoms with Crippen LogP contribution in [-0.4, -0.2) is 31.4 Å². The van der Waals surface area contributed by atoms with E-state index >= 15 is 0 Å². The van der Waals surface area contributed by atoms with Crippen molar-refractivity contribution >= 4 is 12.1 Å². The van der Waals surface area contributed by atoms with Gasteiger partial charge in [-0.1, -0.05) is 6.42 Å². The number of hydrogen-bond donors (Lipinski definition) is 1. The largest absolute Gasteiger partial charge is 0.469 e. The maximum absolute atomic E-state index is 11.6. The number of esters is 1. The second kappa shape index (κ2) is 6.75. The van der Waals surface area contributed by atoms with Gasteiger partial charge in [0.2, 0.25) is 0 Å². The highest BCUT2D eigenvalue weighted by atomic mass is 16.7. The zero-order chi connectivity index (χ0) is 14.5. The number of nitrogens with one attached hydrogen (secondary N) is 1. The number of hydroxylamine groups is 1. The molecule has 1 aliphatic rings. The van der Waals surface area contributed by atoms with E-state index in [4.69, 9.17) is 14.3 Å². The molecular weight excluding hydrogens is 250 g/mol. The van der Waals surface area contributed by atoms with Crippen molar-refractivity contribution in [2.24, 2.45) is 11.8 Å². The summed E-state index contributed by atoms with van der Waals surface area (Å²) in [7, 11) is 1.36. The standard InChI is InChI=1S/C13H23NO5/c1-13(2,3)19-12(16)14-18-8-10(11(15)17-4)9-6-5-7-9/h9-10H,5-8H2,1-4H3,(H,14,16). The molecular formula is C13H23NO5. The van der Waals surface area contributed by atoms with Crippen LogP contribution in [-0.2, 0) is 19.1 Å². The van der Waals surface area contributed by atoms with Crippen LogP contribution in [0.5, 0.6) is 0 Å². The third-order valence-corrected chi connectivity index (χ3v) is 3.04. The lowest BCUT2D eigenvalue weighted by Gasteiger charge is -2.31. The van der Waals surface area contributed by atoms with Crippen LogP contribution in [0.15, 0.2) is 0 Å². The fourth-order valence-electron chi connectivity index (χ4n) is 1.88. The van der Waals surface area contributed by atoms with Crippen LogP contribution >= 0.6 is 0 Å². The molecule has 0 aromatic rings. The van der Waals surface area contributed by atoms with Gasteiger partial charge in [0.1, 0.15) is 5.60 Å². The third kappa shape index (κ3) is 5.46. The molecule has 0 spiro atoms. The number of carbonyl (C=O) groups excluding carboxylic acids is 2. The SMILES string of the molecule is COC(=O)C(CONC(=O)OC(C)(C)C)C1CCC1. The summed E-state index contributed by atoms with van der Waals surface area (Å²) in [6.07, 6.45) is 2.45. The molecule has 19 heavy (non-hydrogen) atoms. The van der Waals surface area contributed by atoms with Crippen molar-refractivity contribution in [1.29, 1.82) is 0 Å². The Kier molecular flexibility index (Phi) is 5.60. The highest BCUT2D eigenvalue weighted by Gasteiger charge is 2.34. The van der Waals surface area contributed by atoms with Gasteiger partial charge >= 0.3 is 12.1 Å². The topological polar surface area (TPSA) is 73.9 Å². The first-order valence-corrected chi connectivity index (χ1v) is 6.52. The molecule has 0 saturated heterocycles. The maximum Gasteiger partial charge on any atom is 0.431 e. The predicted octanol–water partition coefficient (Wildman–Crippen LogP) is 2.03. The van der Waals surface area contributed by atoms with Gasteiger partial charge in [-0.05, 0) is 39.5 Å². The molecule has 0 heterocycles. The summed E-state index contributed by atoms with van der Waals surface area (Å²) in [5, 5.41) is 0. The molecule has 6 heteroatoms. The molecule has 0 bridgehead atoms. The number of rotatable bonds is 5. The Balaban J connectivity index is 2.32. The monoisotopic (exact) mass is 273 g/mol. The Morgan fingerprint density at radius 1 is 1.32 bits per heavy atom. The summed E-state index contributed by atoms with van der Waals surface area (Å²) in [5.41, 5.74) is 1.60. The minimum absolute atomic E-state index is 0.108. The molecule has 110 valence electrons. The molecule has 1 aliphatic carbocycles. The van der Waals surface area contributed by atoms with Gasteiger partial charge in [0.05, 0.1) is 19.6 Å². The molecule has 0 aliphatic heterocycles. The molecule has 0 aromatic carbocycles. The molecule has 1 unspecified atom stereocenters. The lowest BCUT2D eigenvalue weighted by atomic mass is 9.76. The van der Waals surface area contributed by atoms with Crippen LogP contribution in [0.1, 0.15) is 40.0 Å². The van der Waals surface area contributed by atoms with Crippen molar-refractivity contribution in [2.75, 3.05) is 13.7 Å². The third-order valence-electron chi connectivity index (χ3n) is 3.04. The van der Waals surface area contributed by atoms with Gasteiger partial charge in [0.25, 0.3) is 0 Å². The molecule has 1 amide bonds. The Bertz CT molecular complexity index is 319. The van der Waals surface area contributed by atoms with Crippen LogP contribution in [0.2, 0.25) is 0 Å². The number of carbonyl (C=O) groups is 2. The van der Waals surface area contributed by atoms with Crippen LogP contribution in [0.4, 0.5) is 4.79 Å². The van der Waals surface area contributed by atoms with Crippen LogP contribution in [0.25, 0.3) is 0 Å². The fourth-order valence-corrected chi connectivity index (χ4v) is 1.88. The average molecular weight is 273 g/mol. The van der Waals surface area contributed by atoms with E-state index < -0.39 is 11.7 Å². The van der Waals surface area contributed by atoms with Crippen molar-refractivity contribution in [3.8, 4) is 0 Å². The molecule has 1 fully saturated rings. The predicted molar refractivity (Wildman–Crippen MR) is 68.2 cm³/mol. The van der Waals surface area contributed by atoms with E-state index in [1.165, 1.54) is 7.11 Å². The van der Waals surface area contributed by atoms with Gasteiger partial charge in [-0.2, -0.15) is 5.48 Å². The zero-order valence-corrected chi connectivity index (χ0v) is 12.0. The average Bonchev–Trinajstić information content (AvgIpc) is 2.21. The summed E-state index contributed by atoms with van der Waals surface area (Å²) in [4.78, 5) is 28.0. The minimum Gasteiger partial charge on any atom is -0.469 e. The number of hydrogen-bond acceptors (Lipinski definition) is 5. The highest BCUT2D eigenvalue weighted by molar-refractivity contribution is 5.73. The van der Waals surface area contributed by atoms with E-state index in [0.29, 0.717) is 0 Å². The van der Waals surface area contributed by atoms with E-state index in [-0.39, 0.29) is 24.4 Å². The van der Waals surface area contributed by atoms with Gasteiger partial charge in [-0.25, -0.2) is 4.79 Å². The van der Waals surface area contributed by atoms with E-state index in [2.05, 4.69) is 5.48 Å². The molecule has 6 nitrogen and oxygen atoms in total. The van der Waals surface area contributed by atoms with Gasteiger partial charge in [0, 0.05) is 0 Å². The first-order chi connectivity index (χ1) is 8.83. The lowest BCUT2D eigenvalue weighted by Crippen LogP contribution is -2.38. The van der Waals surface area contributed by atoms with E-state index in [1.807, 2.05) is 0 Å². The molecule has 1 rings (SSSR count). The van der Waals surface area contributed by atoms with E-state index in [1.54, 1.807) is 20.8 Å². The molecule has 0 radical (unpaired) electrons. The molecule has 1 saturated carbocycles. The van der Waals surface area contributed by atoms with E-state index in [0.717, 1.165) is 19.3 Å². The minimum atomic E-state index is -0.662. The Hall–Kier alpha value is -1.30. The van der Waals surface area contributed by atoms with Crippen molar-refractivity contribution < 1.29 is 23.9 Å². The second-order valence-electron chi connectivity index (χ2n) is 5.74. The molecule has 0 aromatic heterocycles. The summed E-state index contributed by atoms with van der Waals surface area (Å²) in [6.45, 7) is 5.39. The maximum atomic E-state index is 11.6. The quantitative estimate of drug-likeness (QED) is 0.613. The van der Waals surface area contributed by atoms with Crippen molar-refractivity contribution in [3.05, 3.63) is 0 Å². The molecule has 1 atom stereocenters. The van der Waals surface area contributed by atoms with Crippen molar-refractivity contribution in [1.82, 2.24) is 5.48 Å². The Morgan fingerprint density at radius 3 is 2.37 bits per heavy atom. The van der Waals surface area contributed by atoms with Crippen LogP contribution in [0.3, 0.4) is 0 Å². The van der Waals surface area contributed by atoms with Gasteiger partial charge < -0.3 is 9.47 Å². The summed E-state index contributed by atoms with van der Waals surface area (Å²) in [5.74, 6) is -0.336. The normalized spacial score (nSPS) is 17.3. The van der Waals surface area contributed by atoms with Crippen molar-refractivity contribution in [3.63, 3.8) is 0 Å². The Labute approximate surface area is 113 Å². The fraction of sp³-hybridized carbons (Fsp3) is 0.846. The number of methoxy groups -OCH3 is 1. The van der Waals surface area contributed by atoms with Gasteiger partial charge in [-0.15, -0.1) is 0 Å². The molecule has 1 N–H and O–H groups in total. The first-order valence-electron chi connectivity index (χ1n) is 6.52. The van der Waals surface area contributed by atoms with Crippen LogP contribution in [0, 0.1) is 11.8 Å². The smallest absolute Gasteiger partial charge is 0.431 e. The summed E-state index contributed by atoms with van der Waals surface area (Å²) < 4.78 is 9.76. The summed E-state index contributed by atoms with van der Waals surface area (Å²) >= 11 is 0. The number of amides is 1. The van der Waals surface area contributed by atoms with Gasteiger partial charge in [-0.3, -0.25) is 9.63 Å². The first kappa shape index (κ1) is 15.8. The second-order valence-corrected chi connectivity index (χ2v) is 5.74. The van der Waals surface area contributed by atoms with Crippen LogP contribution < -0.4 is 5.48 Å². The lowest BCUT2D eigenvalue weighted by molar-refractivity contribution is -0.153. The van der Waals surface area contributed by atoms with Crippen molar-refractivity contribution in [2.45, 2.75) is 45.6 Å². The Morgan fingerprint density at radius 2 is 1.95 bits per heavy atom. The van der Waals surface area contributed by atoms with Gasteiger partial charge in [0.15, 0.2) is 0 Å². The summed E-state index contributed by atoms with van der Waals surface area (Å²) in [6, 6.07) is 0.